The first-order valence-corrected chi connectivity index (χ1v) is 8.19. The van der Waals surface area contributed by atoms with Crippen molar-refractivity contribution in [1.29, 1.82) is 0 Å². The number of hydrogen-bond acceptors (Lipinski definition) is 5. The van der Waals surface area contributed by atoms with Crippen molar-refractivity contribution in [2.45, 2.75) is 0 Å². The summed E-state index contributed by atoms with van der Waals surface area (Å²) in [6.07, 6.45) is 0. The lowest BCUT2D eigenvalue weighted by molar-refractivity contribution is 0.0443. The van der Waals surface area contributed by atoms with Gasteiger partial charge in [0.25, 0.3) is 0 Å². The predicted molar refractivity (Wildman–Crippen MR) is 95.8 cm³/mol. The average Bonchev–Trinajstić information content (AvgIpc) is 2.63. The lowest BCUT2D eigenvalue weighted by Gasteiger charge is -2.24. The molecule has 1 aliphatic rings. The highest BCUT2D eigenvalue weighted by molar-refractivity contribution is 6.04. The molecule has 1 aromatic heterocycles. The van der Waals surface area contributed by atoms with Crippen LogP contribution in [-0.2, 0) is 4.74 Å². The third-order valence-corrected chi connectivity index (χ3v) is 4.34. The molecule has 0 atom stereocenters. The molecule has 1 saturated heterocycles. The van der Waals surface area contributed by atoms with Crippen LogP contribution in [0.15, 0.2) is 45.6 Å². The van der Waals surface area contributed by atoms with Crippen LogP contribution in [0.2, 0.25) is 0 Å². The summed E-state index contributed by atoms with van der Waals surface area (Å²) < 4.78 is 10.6. The number of fused-ring (bicyclic) bond motifs is 3. The molecule has 1 fully saturated rings. The van der Waals surface area contributed by atoms with Crippen LogP contribution in [-0.4, -0.2) is 42.9 Å². The van der Waals surface area contributed by atoms with Gasteiger partial charge in [-0.25, -0.2) is 4.79 Å². The lowest BCUT2D eigenvalue weighted by Crippen LogP contribution is -2.36. The fourth-order valence-corrected chi connectivity index (χ4v) is 3.01. The van der Waals surface area contributed by atoms with E-state index in [0.29, 0.717) is 17.5 Å². The number of ether oxygens (including phenoxy) is 1. The zero-order valence-electron chi connectivity index (χ0n) is 13.6. The van der Waals surface area contributed by atoms with E-state index in [1.165, 1.54) is 6.07 Å². The highest BCUT2D eigenvalue weighted by Gasteiger charge is 2.09. The number of benzene rings is 2. The molecule has 0 bridgehead atoms. The van der Waals surface area contributed by atoms with Gasteiger partial charge in [-0.3, -0.25) is 4.90 Å². The molecule has 0 unspecified atom stereocenters. The Bertz CT molecular complexity index is 1050. The van der Waals surface area contributed by atoms with Crippen molar-refractivity contribution in [3.63, 3.8) is 0 Å². The Morgan fingerprint density at radius 2 is 1.84 bits per heavy atom. The fourth-order valence-electron chi connectivity index (χ4n) is 3.01. The normalized spacial score (nSPS) is 15.2. The minimum atomic E-state index is -0.426. The molecule has 2 aromatic carbocycles. The number of morpholine rings is 1. The molecule has 0 spiro atoms. The maximum absolute atomic E-state index is 12.3. The second-order valence-corrected chi connectivity index (χ2v) is 6.02. The second-order valence-electron chi connectivity index (χ2n) is 6.02. The molecule has 5 heteroatoms. The van der Waals surface area contributed by atoms with Crippen molar-refractivity contribution < 1.29 is 14.3 Å². The first-order chi connectivity index (χ1) is 12.2. The van der Waals surface area contributed by atoms with Gasteiger partial charge < -0.3 is 14.3 Å². The molecular formula is C20H17NO4. The van der Waals surface area contributed by atoms with Gasteiger partial charge in [0.15, 0.2) is 0 Å². The van der Waals surface area contributed by atoms with Crippen LogP contribution >= 0.6 is 0 Å². The zero-order chi connectivity index (χ0) is 17.2. The second kappa shape index (κ2) is 6.60. The molecular weight excluding hydrogens is 318 g/mol. The number of rotatable bonds is 1. The summed E-state index contributed by atoms with van der Waals surface area (Å²) in [5.41, 5.74) is 0.736. The van der Waals surface area contributed by atoms with E-state index in [9.17, 15) is 9.90 Å². The quantitative estimate of drug-likeness (QED) is 0.420. The van der Waals surface area contributed by atoms with Crippen LogP contribution in [0, 0.1) is 11.8 Å². The number of nitrogens with zero attached hydrogens (tertiary/aromatic N) is 1. The van der Waals surface area contributed by atoms with Gasteiger partial charge in [0, 0.05) is 35.5 Å². The Balaban J connectivity index is 1.68. The van der Waals surface area contributed by atoms with E-state index < -0.39 is 5.63 Å². The number of phenolic OH excluding ortho intramolecular Hbond substituents is 1. The van der Waals surface area contributed by atoms with Gasteiger partial charge in [-0.1, -0.05) is 17.9 Å². The van der Waals surface area contributed by atoms with Crippen LogP contribution in [0.5, 0.6) is 5.75 Å². The Morgan fingerprint density at radius 3 is 2.68 bits per heavy atom. The van der Waals surface area contributed by atoms with Crippen LogP contribution in [0.4, 0.5) is 0 Å². The summed E-state index contributed by atoms with van der Waals surface area (Å²) in [6, 6.07) is 10.3. The molecule has 4 rings (SSSR count). The van der Waals surface area contributed by atoms with Crippen LogP contribution in [0.25, 0.3) is 21.7 Å². The molecule has 0 amide bonds. The number of aromatic hydroxyl groups is 1. The SMILES string of the molecule is O=c1oc2cc(O)ccc2c2ccc(C#CCN3CCOCC3)cc12. The van der Waals surface area contributed by atoms with Crippen molar-refractivity contribution in [3.05, 3.63) is 52.4 Å². The Labute approximate surface area is 144 Å². The molecule has 0 radical (unpaired) electrons. The van der Waals surface area contributed by atoms with Crippen molar-refractivity contribution in [3.8, 4) is 17.6 Å². The summed E-state index contributed by atoms with van der Waals surface area (Å²) in [5, 5.41) is 11.6. The third kappa shape index (κ3) is 3.22. The largest absolute Gasteiger partial charge is 0.508 e. The lowest BCUT2D eigenvalue weighted by atomic mass is 10.0. The topological polar surface area (TPSA) is 62.9 Å². The first-order valence-electron chi connectivity index (χ1n) is 8.19. The molecule has 1 N–H and O–H groups in total. The predicted octanol–water partition coefficient (Wildman–Crippen LogP) is 2.34. The van der Waals surface area contributed by atoms with E-state index in [0.717, 1.165) is 42.6 Å². The van der Waals surface area contributed by atoms with Crippen molar-refractivity contribution >= 4 is 21.7 Å². The van der Waals surface area contributed by atoms with Gasteiger partial charge in [-0.15, -0.1) is 0 Å². The first kappa shape index (κ1) is 15.7. The zero-order valence-corrected chi connectivity index (χ0v) is 13.6. The van der Waals surface area contributed by atoms with Crippen LogP contribution < -0.4 is 5.63 Å². The minimum Gasteiger partial charge on any atom is -0.508 e. The summed E-state index contributed by atoms with van der Waals surface area (Å²) in [7, 11) is 0. The fraction of sp³-hybridized carbons (Fsp3) is 0.250. The molecule has 2 heterocycles. The number of hydrogen-bond donors (Lipinski definition) is 1. The van der Waals surface area contributed by atoms with Gasteiger partial charge in [0.1, 0.15) is 11.3 Å². The molecule has 0 saturated carbocycles. The van der Waals surface area contributed by atoms with E-state index in [-0.39, 0.29) is 5.75 Å². The minimum absolute atomic E-state index is 0.0700. The summed E-state index contributed by atoms with van der Waals surface area (Å²) in [5.74, 6) is 6.34. The molecule has 0 aliphatic carbocycles. The average molecular weight is 335 g/mol. The highest BCUT2D eigenvalue weighted by atomic mass is 16.5. The van der Waals surface area contributed by atoms with Crippen molar-refractivity contribution in [2.24, 2.45) is 0 Å². The van der Waals surface area contributed by atoms with Crippen molar-refractivity contribution in [1.82, 2.24) is 4.90 Å². The van der Waals surface area contributed by atoms with Crippen LogP contribution in [0.3, 0.4) is 0 Å². The smallest absolute Gasteiger partial charge is 0.344 e. The van der Waals surface area contributed by atoms with Gasteiger partial charge in [-0.2, -0.15) is 0 Å². The van der Waals surface area contributed by atoms with E-state index in [1.807, 2.05) is 12.1 Å². The van der Waals surface area contributed by atoms with E-state index in [1.54, 1.807) is 18.2 Å². The Kier molecular flexibility index (Phi) is 4.14. The maximum Gasteiger partial charge on any atom is 0.344 e. The van der Waals surface area contributed by atoms with Crippen LogP contribution in [0.1, 0.15) is 5.56 Å². The van der Waals surface area contributed by atoms with E-state index in [4.69, 9.17) is 9.15 Å². The summed E-state index contributed by atoms with van der Waals surface area (Å²) in [6.45, 7) is 3.99. The summed E-state index contributed by atoms with van der Waals surface area (Å²) >= 11 is 0. The molecule has 5 nitrogen and oxygen atoms in total. The molecule has 25 heavy (non-hydrogen) atoms. The maximum atomic E-state index is 12.3. The summed E-state index contributed by atoms with van der Waals surface area (Å²) in [4.78, 5) is 14.5. The Hall–Kier alpha value is -2.81. The van der Waals surface area contributed by atoms with Crippen molar-refractivity contribution in [2.75, 3.05) is 32.8 Å². The third-order valence-electron chi connectivity index (χ3n) is 4.34. The molecule has 126 valence electrons. The monoisotopic (exact) mass is 335 g/mol. The molecule has 3 aromatic rings. The van der Waals surface area contributed by atoms with Gasteiger partial charge in [0.05, 0.1) is 25.1 Å². The van der Waals surface area contributed by atoms with E-state index >= 15 is 0 Å². The highest BCUT2D eigenvalue weighted by Crippen LogP contribution is 2.26. The van der Waals surface area contributed by atoms with Gasteiger partial charge in [0.2, 0.25) is 0 Å². The van der Waals surface area contributed by atoms with Gasteiger partial charge in [-0.05, 0) is 24.3 Å². The van der Waals surface area contributed by atoms with Gasteiger partial charge >= 0.3 is 5.63 Å². The Morgan fingerprint density at radius 1 is 1.04 bits per heavy atom. The number of phenols is 1. The standard InChI is InChI=1S/C20H17NO4/c22-15-4-6-17-16-5-3-14(2-1-7-21-8-10-24-11-9-21)12-18(16)20(23)25-19(17)13-15/h3-6,12-13,22H,7-11H2. The molecule has 1 aliphatic heterocycles. The van der Waals surface area contributed by atoms with E-state index in [2.05, 4.69) is 16.7 Å².